The van der Waals surface area contributed by atoms with Gasteiger partial charge in [0.2, 0.25) is 0 Å². The van der Waals surface area contributed by atoms with Crippen LogP contribution in [0.5, 0.6) is 0 Å². The van der Waals surface area contributed by atoms with Crippen LogP contribution in [0.1, 0.15) is 36.0 Å². The molecule has 1 aliphatic rings. The Morgan fingerprint density at radius 3 is 2.47 bits per heavy atom. The Hall–Kier alpha value is -0.340. The normalized spacial score (nSPS) is 18.7. The maximum atomic E-state index is 5.97. The highest BCUT2D eigenvalue weighted by Crippen LogP contribution is 2.47. The van der Waals surface area contributed by atoms with Gasteiger partial charge in [-0.25, -0.2) is 0 Å². The van der Waals surface area contributed by atoms with Crippen molar-refractivity contribution in [1.82, 2.24) is 0 Å². The van der Waals surface area contributed by atoms with Crippen molar-refractivity contribution < 1.29 is 0 Å². The standard InChI is InChI=1S/C13H18BrN/c1-9-4-5-11(14)12(10(9)2)13(8-15)6-3-7-13/h4-5H,3,6-8,15H2,1-2H3. The second kappa shape index (κ2) is 3.91. The van der Waals surface area contributed by atoms with Crippen LogP contribution in [0, 0.1) is 13.8 Å². The fraction of sp³-hybridized carbons (Fsp3) is 0.538. The summed E-state index contributed by atoms with van der Waals surface area (Å²) in [6.45, 7) is 5.16. The number of halogens is 1. The lowest BCUT2D eigenvalue weighted by molar-refractivity contribution is 0.250. The molecule has 1 saturated carbocycles. The second-order valence-corrected chi connectivity index (χ2v) is 5.56. The van der Waals surface area contributed by atoms with E-state index in [0.29, 0.717) is 0 Å². The molecule has 0 amide bonds. The molecular weight excluding hydrogens is 250 g/mol. The number of hydrogen-bond acceptors (Lipinski definition) is 1. The molecule has 0 spiro atoms. The first-order valence-electron chi connectivity index (χ1n) is 5.57. The van der Waals surface area contributed by atoms with E-state index in [9.17, 15) is 0 Å². The van der Waals surface area contributed by atoms with E-state index >= 15 is 0 Å². The Morgan fingerprint density at radius 2 is 2.00 bits per heavy atom. The predicted octanol–water partition coefficient (Wildman–Crippen LogP) is 3.45. The molecule has 0 unspecified atom stereocenters. The maximum Gasteiger partial charge on any atom is 0.0216 e. The fourth-order valence-corrected chi connectivity index (χ4v) is 3.44. The Bertz CT molecular complexity index is 375. The minimum absolute atomic E-state index is 0.259. The molecule has 1 fully saturated rings. The van der Waals surface area contributed by atoms with Gasteiger partial charge in [0.15, 0.2) is 0 Å². The molecule has 1 aliphatic carbocycles. The number of rotatable bonds is 2. The number of hydrogen-bond donors (Lipinski definition) is 1. The highest BCUT2D eigenvalue weighted by molar-refractivity contribution is 9.10. The zero-order valence-corrected chi connectivity index (χ0v) is 11.0. The van der Waals surface area contributed by atoms with Crippen molar-refractivity contribution in [3.63, 3.8) is 0 Å². The molecule has 1 nitrogen and oxygen atoms in total. The largest absolute Gasteiger partial charge is 0.330 e. The summed E-state index contributed by atoms with van der Waals surface area (Å²) in [6, 6.07) is 4.33. The molecule has 1 aromatic carbocycles. The molecule has 15 heavy (non-hydrogen) atoms. The number of aryl methyl sites for hydroxylation is 1. The smallest absolute Gasteiger partial charge is 0.0216 e. The molecule has 0 radical (unpaired) electrons. The average Bonchev–Trinajstić information content (AvgIpc) is 2.16. The van der Waals surface area contributed by atoms with E-state index in [0.717, 1.165) is 6.54 Å². The van der Waals surface area contributed by atoms with Crippen molar-refractivity contribution in [2.75, 3.05) is 6.54 Å². The highest BCUT2D eigenvalue weighted by atomic mass is 79.9. The van der Waals surface area contributed by atoms with Crippen LogP contribution in [0.15, 0.2) is 16.6 Å². The molecule has 0 aliphatic heterocycles. The van der Waals surface area contributed by atoms with Crippen LogP contribution in [0.4, 0.5) is 0 Å². The quantitative estimate of drug-likeness (QED) is 0.873. The highest BCUT2D eigenvalue weighted by Gasteiger charge is 2.39. The monoisotopic (exact) mass is 267 g/mol. The van der Waals surface area contributed by atoms with Crippen molar-refractivity contribution in [3.8, 4) is 0 Å². The first kappa shape index (κ1) is 11.2. The summed E-state index contributed by atoms with van der Waals surface area (Å²) in [7, 11) is 0. The van der Waals surface area contributed by atoms with Crippen LogP contribution in [-0.2, 0) is 5.41 Å². The minimum Gasteiger partial charge on any atom is -0.330 e. The summed E-state index contributed by atoms with van der Waals surface area (Å²) in [6.07, 6.45) is 3.80. The van der Waals surface area contributed by atoms with E-state index in [1.54, 1.807) is 0 Å². The van der Waals surface area contributed by atoms with Gasteiger partial charge in [0, 0.05) is 16.4 Å². The molecule has 0 atom stereocenters. The predicted molar refractivity (Wildman–Crippen MR) is 68.2 cm³/mol. The summed E-state index contributed by atoms with van der Waals surface area (Å²) in [5, 5.41) is 0. The van der Waals surface area contributed by atoms with Gasteiger partial charge in [0.1, 0.15) is 0 Å². The minimum atomic E-state index is 0.259. The average molecular weight is 268 g/mol. The number of benzene rings is 1. The van der Waals surface area contributed by atoms with Crippen LogP contribution in [0.2, 0.25) is 0 Å². The zero-order valence-electron chi connectivity index (χ0n) is 9.44. The van der Waals surface area contributed by atoms with Crippen molar-refractivity contribution in [1.29, 1.82) is 0 Å². The summed E-state index contributed by atoms with van der Waals surface area (Å²) >= 11 is 3.68. The molecule has 0 saturated heterocycles. The van der Waals surface area contributed by atoms with Crippen molar-refractivity contribution in [3.05, 3.63) is 33.3 Å². The van der Waals surface area contributed by atoms with Gasteiger partial charge in [-0.05, 0) is 49.4 Å². The van der Waals surface area contributed by atoms with Crippen molar-refractivity contribution >= 4 is 15.9 Å². The fourth-order valence-electron chi connectivity index (χ4n) is 2.59. The summed E-state index contributed by atoms with van der Waals surface area (Å²) < 4.78 is 1.23. The Kier molecular flexibility index (Phi) is 2.91. The maximum absolute atomic E-state index is 5.97. The molecule has 0 bridgehead atoms. The van der Waals surface area contributed by atoms with E-state index in [-0.39, 0.29) is 5.41 Å². The van der Waals surface area contributed by atoms with Gasteiger partial charge in [0.25, 0.3) is 0 Å². The third kappa shape index (κ3) is 1.64. The van der Waals surface area contributed by atoms with Gasteiger partial charge in [-0.15, -0.1) is 0 Å². The second-order valence-electron chi connectivity index (χ2n) is 4.70. The molecule has 82 valence electrons. The van der Waals surface area contributed by atoms with E-state index in [1.165, 1.54) is 40.4 Å². The van der Waals surface area contributed by atoms with Gasteiger partial charge >= 0.3 is 0 Å². The number of nitrogens with two attached hydrogens (primary N) is 1. The molecular formula is C13H18BrN. The molecule has 0 aromatic heterocycles. The van der Waals surface area contributed by atoms with Gasteiger partial charge in [0.05, 0.1) is 0 Å². The first-order valence-corrected chi connectivity index (χ1v) is 6.36. The first-order chi connectivity index (χ1) is 7.10. The van der Waals surface area contributed by atoms with Crippen LogP contribution >= 0.6 is 15.9 Å². The van der Waals surface area contributed by atoms with Crippen LogP contribution in [0.25, 0.3) is 0 Å². The van der Waals surface area contributed by atoms with E-state index < -0.39 is 0 Å². The topological polar surface area (TPSA) is 26.0 Å². The van der Waals surface area contributed by atoms with Gasteiger partial charge in [-0.2, -0.15) is 0 Å². The van der Waals surface area contributed by atoms with E-state index in [4.69, 9.17) is 5.73 Å². The molecule has 2 rings (SSSR count). The van der Waals surface area contributed by atoms with Gasteiger partial charge < -0.3 is 5.73 Å². The Balaban J connectivity index is 2.55. The molecule has 0 heterocycles. The summed E-state index contributed by atoms with van der Waals surface area (Å²) in [4.78, 5) is 0. The lowest BCUT2D eigenvalue weighted by atomic mass is 9.63. The molecule has 2 heteroatoms. The van der Waals surface area contributed by atoms with Crippen molar-refractivity contribution in [2.45, 2.75) is 38.5 Å². The molecule has 1 aromatic rings. The SMILES string of the molecule is Cc1ccc(Br)c(C2(CN)CCC2)c1C. The van der Waals surface area contributed by atoms with Gasteiger partial charge in [-0.1, -0.05) is 28.4 Å². The Labute approximate surface area is 100 Å². The summed E-state index contributed by atoms with van der Waals surface area (Å²) in [5.41, 5.74) is 10.5. The Morgan fingerprint density at radius 1 is 1.33 bits per heavy atom. The zero-order chi connectivity index (χ0) is 11.1. The lowest BCUT2D eigenvalue weighted by Gasteiger charge is -2.43. The molecule has 2 N–H and O–H groups in total. The van der Waals surface area contributed by atoms with Crippen LogP contribution in [0.3, 0.4) is 0 Å². The third-order valence-corrected chi connectivity index (χ3v) is 4.58. The van der Waals surface area contributed by atoms with E-state index in [2.05, 4.69) is 41.9 Å². The van der Waals surface area contributed by atoms with Gasteiger partial charge in [-0.3, -0.25) is 0 Å². The lowest BCUT2D eigenvalue weighted by Crippen LogP contribution is -2.42. The van der Waals surface area contributed by atoms with Crippen molar-refractivity contribution in [2.24, 2.45) is 5.73 Å². The van der Waals surface area contributed by atoms with Crippen LogP contribution in [-0.4, -0.2) is 6.54 Å². The van der Waals surface area contributed by atoms with E-state index in [1.807, 2.05) is 0 Å². The summed E-state index contributed by atoms with van der Waals surface area (Å²) in [5.74, 6) is 0. The van der Waals surface area contributed by atoms with Crippen LogP contribution < -0.4 is 5.73 Å². The third-order valence-electron chi connectivity index (χ3n) is 3.92.